The number of hydrazone groups is 1. The van der Waals surface area contributed by atoms with Gasteiger partial charge in [0.15, 0.2) is 0 Å². The van der Waals surface area contributed by atoms with E-state index in [0.717, 1.165) is 5.56 Å². The predicted molar refractivity (Wildman–Crippen MR) is 90.1 cm³/mol. The molecule has 7 heteroatoms. The van der Waals surface area contributed by atoms with E-state index in [2.05, 4.69) is 42.4 Å². The van der Waals surface area contributed by atoms with E-state index < -0.39 is 5.41 Å². The molecule has 0 aromatic heterocycles. The molecule has 0 spiro atoms. The number of hydrogen-bond donors (Lipinski definition) is 1. The summed E-state index contributed by atoms with van der Waals surface area (Å²) in [6.45, 7) is 3.64. The van der Waals surface area contributed by atoms with E-state index in [1.54, 1.807) is 25.1 Å². The largest absolute Gasteiger partial charge is 0.272 e. The van der Waals surface area contributed by atoms with Crippen molar-refractivity contribution in [2.45, 2.75) is 23.5 Å². The molecule has 108 valence electrons. The van der Waals surface area contributed by atoms with Gasteiger partial charge in [-0.25, -0.2) is 5.43 Å². The third-order valence-electron chi connectivity index (χ3n) is 3.41. The molecule has 1 atom stereocenters. The van der Waals surface area contributed by atoms with Gasteiger partial charge in [0.2, 0.25) is 5.91 Å². The molecular formula is C13H12Br2Cl2N2O. The summed E-state index contributed by atoms with van der Waals surface area (Å²) in [4.78, 5) is 12.1. The normalized spacial score (nSPS) is 24.4. The highest BCUT2D eigenvalue weighted by Crippen LogP contribution is 2.66. The number of carbonyl (C=O) groups excluding carboxylic acids is 1. The quantitative estimate of drug-likeness (QED) is 0.410. The van der Waals surface area contributed by atoms with Gasteiger partial charge in [0.25, 0.3) is 0 Å². The molecule has 1 fully saturated rings. The standard InChI is InChI=1S/C13H12Br2Cl2N2O/c1-7(9-4-3-8(16)5-10(9)17)18-19-11(20)12(2)6-13(12,14)15/h3-5H,6H2,1-2H3,(H,19,20). The number of alkyl halides is 2. The smallest absolute Gasteiger partial charge is 0.248 e. The monoisotopic (exact) mass is 440 g/mol. The van der Waals surface area contributed by atoms with Crippen molar-refractivity contribution in [1.82, 2.24) is 5.43 Å². The van der Waals surface area contributed by atoms with Crippen LogP contribution in [0.4, 0.5) is 0 Å². The first kappa shape index (κ1) is 16.3. The van der Waals surface area contributed by atoms with Crippen LogP contribution in [-0.2, 0) is 4.79 Å². The van der Waals surface area contributed by atoms with Gasteiger partial charge >= 0.3 is 0 Å². The Morgan fingerprint density at radius 3 is 2.50 bits per heavy atom. The van der Waals surface area contributed by atoms with Crippen molar-refractivity contribution in [3.63, 3.8) is 0 Å². The summed E-state index contributed by atoms with van der Waals surface area (Å²) in [7, 11) is 0. The summed E-state index contributed by atoms with van der Waals surface area (Å²) in [5, 5.41) is 5.17. The van der Waals surface area contributed by atoms with Crippen molar-refractivity contribution in [2.24, 2.45) is 10.5 Å². The summed E-state index contributed by atoms with van der Waals surface area (Å²) in [5.74, 6) is -0.143. The van der Waals surface area contributed by atoms with Crippen LogP contribution in [-0.4, -0.2) is 14.9 Å². The van der Waals surface area contributed by atoms with Crippen molar-refractivity contribution >= 4 is 66.7 Å². The number of nitrogens with one attached hydrogen (secondary N) is 1. The molecule has 0 radical (unpaired) electrons. The maximum atomic E-state index is 12.1. The molecule has 1 aromatic carbocycles. The molecule has 0 saturated heterocycles. The molecule has 1 saturated carbocycles. The van der Waals surface area contributed by atoms with Crippen LogP contribution in [0.25, 0.3) is 0 Å². The first-order chi connectivity index (χ1) is 9.17. The van der Waals surface area contributed by atoms with Gasteiger partial charge in [0.05, 0.1) is 19.4 Å². The van der Waals surface area contributed by atoms with E-state index in [1.165, 1.54) is 0 Å². The first-order valence-corrected chi connectivity index (χ1v) is 8.19. The number of hydrogen-bond acceptors (Lipinski definition) is 2. The van der Waals surface area contributed by atoms with Crippen LogP contribution in [0.1, 0.15) is 25.8 Å². The topological polar surface area (TPSA) is 41.5 Å². The minimum Gasteiger partial charge on any atom is -0.272 e. The highest BCUT2D eigenvalue weighted by molar-refractivity contribution is 9.25. The van der Waals surface area contributed by atoms with E-state index >= 15 is 0 Å². The first-order valence-electron chi connectivity index (χ1n) is 5.85. The molecule has 1 unspecified atom stereocenters. The highest BCUT2D eigenvalue weighted by atomic mass is 79.9. The summed E-state index contributed by atoms with van der Waals surface area (Å²) in [6.07, 6.45) is 0.710. The average molecular weight is 443 g/mol. The maximum absolute atomic E-state index is 12.1. The summed E-state index contributed by atoms with van der Waals surface area (Å²) < 4.78 is -0.335. The second kappa shape index (κ2) is 5.59. The lowest BCUT2D eigenvalue weighted by Crippen LogP contribution is -2.30. The highest BCUT2D eigenvalue weighted by Gasteiger charge is 2.66. The van der Waals surface area contributed by atoms with Crippen molar-refractivity contribution in [2.75, 3.05) is 0 Å². The fourth-order valence-electron chi connectivity index (χ4n) is 1.75. The number of benzene rings is 1. The Morgan fingerprint density at radius 1 is 1.40 bits per heavy atom. The number of halogens is 4. The summed E-state index contributed by atoms with van der Waals surface area (Å²) in [6, 6.07) is 5.14. The number of rotatable bonds is 3. The minimum atomic E-state index is -0.499. The molecule has 1 amide bonds. The van der Waals surface area contributed by atoms with Crippen molar-refractivity contribution in [3.05, 3.63) is 33.8 Å². The molecule has 0 heterocycles. The SMILES string of the molecule is CC(=NNC(=O)C1(C)CC1(Br)Br)c1ccc(Cl)cc1Cl. The molecular weight excluding hydrogens is 431 g/mol. The van der Waals surface area contributed by atoms with E-state index in [1.807, 2.05) is 6.92 Å². The number of nitrogens with zero attached hydrogens (tertiary/aromatic N) is 1. The summed E-state index contributed by atoms with van der Waals surface area (Å²) in [5.41, 5.74) is 3.44. The molecule has 1 aliphatic carbocycles. The van der Waals surface area contributed by atoms with Crippen LogP contribution in [0.2, 0.25) is 10.0 Å². The second-order valence-corrected chi connectivity index (χ2v) is 9.59. The Morgan fingerprint density at radius 2 is 2.00 bits per heavy atom. The van der Waals surface area contributed by atoms with Crippen LogP contribution in [0.5, 0.6) is 0 Å². The van der Waals surface area contributed by atoms with Gasteiger partial charge < -0.3 is 0 Å². The van der Waals surface area contributed by atoms with Gasteiger partial charge in [0, 0.05) is 10.6 Å². The van der Waals surface area contributed by atoms with Gasteiger partial charge in [-0.05, 0) is 32.4 Å². The zero-order valence-corrected chi connectivity index (χ0v) is 15.5. The molecule has 1 N–H and O–H groups in total. The van der Waals surface area contributed by atoms with Crippen LogP contribution in [0, 0.1) is 5.41 Å². The lowest BCUT2D eigenvalue weighted by atomic mass is 10.1. The minimum absolute atomic E-state index is 0.143. The van der Waals surface area contributed by atoms with Crippen LogP contribution in [0.15, 0.2) is 23.3 Å². The molecule has 0 aliphatic heterocycles. The molecule has 1 aliphatic rings. The third-order valence-corrected chi connectivity index (χ3v) is 6.26. The maximum Gasteiger partial charge on any atom is 0.248 e. The molecule has 2 rings (SSSR count). The van der Waals surface area contributed by atoms with Gasteiger partial charge in [-0.3, -0.25) is 4.79 Å². The van der Waals surface area contributed by atoms with Crippen molar-refractivity contribution in [1.29, 1.82) is 0 Å². The zero-order valence-electron chi connectivity index (χ0n) is 10.8. The Balaban J connectivity index is 2.10. The third kappa shape index (κ3) is 3.06. The summed E-state index contributed by atoms with van der Waals surface area (Å²) >= 11 is 18.8. The number of amides is 1. The van der Waals surface area contributed by atoms with E-state index in [-0.39, 0.29) is 9.14 Å². The number of carbonyl (C=O) groups is 1. The van der Waals surface area contributed by atoms with Crippen LogP contribution in [0.3, 0.4) is 0 Å². The van der Waals surface area contributed by atoms with Gasteiger partial charge in [-0.2, -0.15) is 5.10 Å². The van der Waals surface area contributed by atoms with E-state index in [9.17, 15) is 4.79 Å². The Kier molecular flexibility index (Phi) is 4.55. The molecule has 1 aromatic rings. The van der Waals surface area contributed by atoms with E-state index in [0.29, 0.717) is 22.2 Å². The molecule has 3 nitrogen and oxygen atoms in total. The Labute approximate surface area is 144 Å². The zero-order chi connectivity index (χ0) is 15.1. The lowest BCUT2D eigenvalue weighted by molar-refractivity contribution is -0.125. The van der Waals surface area contributed by atoms with Crippen LogP contribution >= 0.6 is 55.1 Å². The van der Waals surface area contributed by atoms with Gasteiger partial charge in [0.1, 0.15) is 0 Å². The fourth-order valence-corrected chi connectivity index (χ4v) is 3.77. The van der Waals surface area contributed by atoms with Crippen molar-refractivity contribution < 1.29 is 4.79 Å². The lowest BCUT2D eigenvalue weighted by Gasteiger charge is -2.11. The molecule has 20 heavy (non-hydrogen) atoms. The molecule has 0 bridgehead atoms. The fraction of sp³-hybridized carbons (Fsp3) is 0.385. The van der Waals surface area contributed by atoms with Gasteiger partial charge in [-0.15, -0.1) is 0 Å². The average Bonchev–Trinajstić information content (AvgIpc) is 2.86. The van der Waals surface area contributed by atoms with Crippen LogP contribution < -0.4 is 5.43 Å². The second-order valence-electron chi connectivity index (χ2n) is 4.98. The Hall–Kier alpha value is -0.100. The van der Waals surface area contributed by atoms with E-state index in [4.69, 9.17) is 23.2 Å². The van der Waals surface area contributed by atoms with Crippen molar-refractivity contribution in [3.8, 4) is 0 Å². The van der Waals surface area contributed by atoms with Gasteiger partial charge in [-0.1, -0.05) is 61.1 Å². The predicted octanol–water partition coefficient (Wildman–Crippen LogP) is 4.73. The Bertz CT molecular complexity index is 604.